The van der Waals surface area contributed by atoms with Gasteiger partial charge in [0.1, 0.15) is 0 Å². The quantitative estimate of drug-likeness (QED) is 0.766. The molecule has 2 aliphatic rings. The fraction of sp³-hybridized carbons (Fsp3) is 0.600. The maximum atomic E-state index is 13.3. The largest absolute Gasteiger partial charge is 0.371 e. The van der Waals surface area contributed by atoms with Crippen LogP contribution in [0.3, 0.4) is 0 Å². The molecule has 4 heteroatoms. The van der Waals surface area contributed by atoms with Gasteiger partial charge in [-0.25, -0.2) is 8.42 Å². The summed E-state index contributed by atoms with van der Waals surface area (Å²) in [7, 11) is -3.37. The number of allylic oxidation sites excluding steroid dienone is 2. The lowest BCUT2D eigenvalue weighted by Gasteiger charge is -2.43. The third-order valence-electron chi connectivity index (χ3n) is 5.42. The van der Waals surface area contributed by atoms with Crippen LogP contribution in [-0.4, -0.2) is 25.9 Å². The summed E-state index contributed by atoms with van der Waals surface area (Å²) in [4.78, 5) is 3.58. The summed E-state index contributed by atoms with van der Waals surface area (Å²) < 4.78 is 26.5. The molecule has 0 saturated carbocycles. The van der Waals surface area contributed by atoms with Gasteiger partial charge in [-0.2, -0.15) is 0 Å². The van der Waals surface area contributed by atoms with E-state index in [1.807, 2.05) is 19.1 Å². The SMILES string of the molecule is CCCCC1=C(S(=O)(=O)c2ccc(C)cc2)CCC2CCCCN12. The van der Waals surface area contributed by atoms with Crippen molar-refractivity contribution in [1.82, 2.24) is 4.90 Å². The maximum absolute atomic E-state index is 13.3. The molecular weight excluding hydrogens is 318 g/mol. The van der Waals surface area contributed by atoms with Gasteiger partial charge < -0.3 is 4.90 Å². The summed E-state index contributed by atoms with van der Waals surface area (Å²) in [6.07, 6.45) is 8.42. The first kappa shape index (κ1) is 17.5. The summed E-state index contributed by atoms with van der Waals surface area (Å²) in [5.41, 5.74) is 2.21. The first-order valence-corrected chi connectivity index (χ1v) is 10.8. The number of hydrogen-bond acceptors (Lipinski definition) is 3. The Hall–Kier alpha value is -1.29. The van der Waals surface area contributed by atoms with Crippen molar-refractivity contribution in [1.29, 1.82) is 0 Å². The maximum Gasteiger partial charge on any atom is 0.204 e. The van der Waals surface area contributed by atoms with Gasteiger partial charge in [-0.1, -0.05) is 31.0 Å². The van der Waals surface area contributed by atoms with Gasteiger partial charge >= 0.3 is 0 Å². The second-order valence-electron chi connectivity index (χ2n) is 7.17. The van der Waals surface area contributed by atoms with Crippen molar-refractivity contribution in [3.05, 3.63) is 40.4 Å². The number of rotatable bonds is 5. The van der Waals surface area contributed by atoms with E-state index in [1.165, 1.54) is 19.3 Å². The van der Waals surface area contributed by atoms with E-state index >= 15 is 0 Å². The minimum atomic E-state index is -3.37. The number of aryl methyl sites for hydroxylation is 1. The Bertz CT molecular complexity index is 704. The smallest absolute Gasteiger partial charge is 0.204 e. The van der Waals surface area contributed by atoms with E-state index in [1.54, 1.807) is 12.1 Å². The van der Waals surface area contributed by atoms with Crippen LogP contribution in [0.25, 0.3) is 0 Å². The molecule has 0 aliphatic carbocycles. The zero-order chi connectivity index (χ0) is 17.2. The predicted octanol–water partition coefficient (Wildman–Crippen LogP) is 4.82. The van der Waals surface area contributed by atoms with Gasteiger partial charge in [0.05, 0.1) is 9.80 Å². The average molecular weight is 348 g/mol. The standard InChI is InChI=1S/C20H29NO2S/c1-3-4-8-19-20(14-11-17-7-5-6-15-21(17)19)24(22,23)18-12-9-16(2)10-13-18/h9-10,12-13,17H,3-8,11,14-15H2,1-2H3. The van der Waals surface area contributed by atoms with Crippen molar-refractivity contribution in [2.45, 2.75) is 76.2 Å². The van der Waals surface area contributed by atoms with Gasteiger partial charge in [0, 0.05) is 18.3 Å². The predicted molar refractivity (Wildman–Crippen MR) is 98.5 cm³/mol. The van der Waals surface area contributed by atoms with Crippen molar-refractivity contribution in [3.63, 3.8) is 0 Å². The second kappa shape index (κ2) is 7.30. The Labute approximate surface area is 146 Å². The van der Waals surface area contributed by atoms with E-state index < -0.39 is 9.84 Å². The first-order valence-electron chi connectivity index (χ1n) is 9.34. The zero-order valence-electron chi connectivity index (χ0n) is 14.9. The van der Waals surface area contributed by atoms with Crippen LogP contribution in [0.2, 0.25) is 0 Å². The van der Waals surface area contributed by atoms with Crippen molar-refractivity contribution in [2.24, 2.45) is 0 Å². The number of hydrogen-bond donors (Lipinski definition) is 0. The Morgan fingerprint density at radius 3 is 2.58 bits per heavy atom. The van der Waals surface area contributed by atoms with Crippen LogP contribution in [0.1, 0.15) is 63.9 Å². The fourth-order valence-electron chi connectivity index (χ4n) is 4.03. The van der Waals surface area contributed by atoms with Crippen LogP contribution in [0.5, 0.6) is 0 Å². The Morgan fingerprint density at radius 2 is 1.88 bits per heavy atom. The lowest BCUT2D eigenvalue weighted by molar-refractivity contribution is 0.165. The Morgan fingerprint density at radius 1 is 1.12 bits per heavy atom. The van der Waals surface area contributed by atoms with Gasteiger partial charge in [-0.15, -0.1) is 0 Å². The van der Waals surface area contributed by atoms with E-state index in [0.717, 1.165) is 43.5 Å². The topological polar surface area (TPSA) is 37.4 Å². The summed E-state index contributed by atoms with van der Waals surface area (Å²) in [6, 6.07) is 7.87. The van der Waals surface area contributed by atoms with Crippen molar-refractivity contribution in [3.8, 4) is 0 Å². The van der Waals surface area contributed by atoms with Gasteiger partial charge in [0.25, 0.3) is 0 Å². The van der Waals surface area contributed by atoms with Gasteiger partial charge in [-0.05, 0) is 64.0 Å². The average Bonchev–Trinajstić information content (AvgIpc) is 2.59. The molecule has 1 aromatic carbocycles. The minimum Gasteiger partial charge on any atom is -0.371 e. The summed E-state index contributed by atoms with van der Waals surface area (Å²) in [5.74, 6) is 0. The molecule has 1 atom stereocenters. The number of unbranched alkanes of at least 4 members (excludes halogenated alkanes) is 1. The molecule has 3 nitrogen and oxygen atoms in total. The Kier molecular flexibility index (Phi) is 5.33. The highest BCUT2D eigenvalue weighted by Crippen LogP contribution is 2.39. The van der Waals surface area contributed by atoms with Gasteiger partial charge in [-0.3, -0.25) is 0 Å². The zero-order valence-corrected chi connectivity index (χ0v) is 15.7. The summed E-state index contributed by atoms with van der Waals surface area (Å²) in [5, 5.41) is 0. The molecular formula is C20H29NO2S. The Balaban J connectivity index is 2.02. The highest BCUT2D eigenvalue weighted by Gasteiger charge is 2.35. The fourth-order valence-corrected chi connectivity index (χ4v) is 5.73. The normalized spacial score (nSPS) is 21.8. The molecule has 0 bridgehead atoms. The molecule has 3 rings (SSSR count). The monoisotopic (exact) mass is 347 g/mol. The van der Waals surface area contributed by atoms with E-state index in [-0.39, 0.29) is 0 Å². The van der Waals surface area contributed by atoms with Crippen LogP contribution in [0, 0.1) is 6.92 Å². The summed E-state index contributed by atoms with van der Waals surface area (Å²) in [6.45, 7) is 5.18. The molecule has 2 heterocycles. The number of piperidine rings is 1. The van der Waals surface area contributed by atoms with E-state index in [4.69, 9.17) is 0 Å². The molecule has 0 aromatic heterocycles. The molecule has 132 valence electrons. The number of nitrogens with zero attached hydrogens (tertiary/aromatic N) is 1. The third-order valence-corrected chi connectivity index (χ3v) is 7.40. The van der Waals surface area contributed by atoms with Gasteiger partial charge in [0.2, 0.25) is 9.84 Å². The van der Waals surface area contributed by atoms with Crippen LogP contribution in [0.15, 0.2) is 39.8 Å². The number of sulfone groups is 1. The molecule has 1 aromatic rings. The summed E-state index contributed by atoms with van der Waals surface area (Å²) >= 11 is 0. The van der Waals surface area contributed by atoms with Crippen LogP contribution < -0.4 is 0 Å². The van der Waals surface area contributed by atoms with Crippen molar-refractivity contribution < 1.29 is 8.42 Å². The minimum absolute atomic E-state index is 0.451. The van der Waals surface area contributed by atoms with Crippen LogP contribution in [-0.2, 0) is 9.84 Å². The number of fused-ring (bicyclic) bond motifs is 1. The second-order valence-corrected chi connectivity index (χ2v) is 9.14. The lowest BCUT2D eigenvalue weighted by Crippen LogP contribution is -2.42. The highest BCUT2D eigenvalue weighted by molar-refractivity contribution is 7.95. The third kappa shape index (κ3) is 3.39. The molecule has 1 fully saturated rings. The van der Waals surface area contributed by atoms with Gasteiger partial charge in [0.15, 0.2) is 0 Å². The van der Waals surface area contributed by atoms with Crippen LogP contribution >= 0.6 is 0 Å². The number of benzene rings is 1. The van der Waals surface area contributed by atoms with Crippen molar-refractivity contribution >= 4 is 9.84 Å². The van der Waals surface area contributed by atoms with E-state index in [9.17, 15) is 8.42 Å². The van der Waals surface area contributed by atoms with Crippen molar-refractivity contribution in [2.75, 3.05) is 6.54 Å². The molecule has 0 spiro atoms. The molecule has 0 radical (unpaired) electrons. The molecule has 2 aliphatic heterocycles. The molecule has 0 N–H and O–H groups in total. The molecule has 1 unspecified atom stereocenters. The van der Waals surface area contributed by atoms with E-state index in [2.05, 4.69) is 11.8 Å². The first-order chi connectivity index (χ1) is 11.5. The lowest BCUT2D eigenvalue weighted by atomic mass is 9.92. The van der Waals surface area contributed by atoms with Crippen LogP contribution in [0.4, 0.5) is 0 Å². The molecule has 1 saturated heterocycles. The van der Waals surface area contributed by atoms with E-state index in [0.29, 0.717) is 22.3 Å². The molecule has 24 heavy (non-hydrogen) atoms. The highest BCUT2D eigenvalue weighted by atomic mass is 32.2. The molecule has 0 amide bonds.